The highest BCUT2D eigenvalue weighted by Crippen LogP contribution is 2.13. The van der Waals surface area contributed by atoms with Gasteiger partial charge in [-0.1, -0.05) is 5.11 Å². The monoisotopic (exact) mass is 211 g/mol. The van der Waals surface area contributed by atoms with Gasteiger partial charge >= 0.3 is 0 Å². The molecule has 1 heterocycles. The van der Waals surface area contributed by atoms with Gasteiger partial charge in [0.2, 0.25) is 0 Å². The Bertz CT molecular complexity index is 216. The van der Waals surface area contributed by atoms with E-state index in [2.05, 4.69) is 33.9 Å². The summed E-state index contributed by atoms with van der Waals surface area (Å²) in [6.07, 6.45) is 3.48. The molecule has 0 amide bonds. The van der Waals surface area contributed by atoms with Gasteiger partial charge in [-0.3, -0.25) is 0 Å². The maximum Gasteiger partial charge on any atom is 0.0270 e. The number of hydrogen-bond donors (Lipinski definition) is 0. The Labute approximate surface area is 91.7 Å². The quantitative estimate of drug-likeness (QED) is 0.301. The predicted molar refractivity (Wildman–Crippen MR) is 61.8 cm³/mol. The molecule has 0 bridgehead atoms. The summed E-state index contributed by atoms with van der Waals surface area (Å²) in [5, 5.41) is 3.55. The van der Waals surface area contributed by atoms with Crippen molar-refractivity contribution in [3.05, 3.63) is 10.4 Å². The Hall–Kier alpha value is -0.770. The maximum atomic E-state index is 8.15. The van der Waals surface area contributed by atoms with Crippen LogP contribution < -0.4 is 0 Å². The highest BCUT2D eigenvalue weighted by Gasteiger charge is 2.19. The summed E-state index contributed by atoms with van der Waals surface area (Å²) < 4.78 is 0. The molecule has 1 fully saturated rings. The first-order chi connectivity index (χ1) is 7.24. The third-order valence-electron chi connectivity index (χ3n) is 3.14. The topological polar surface area (TPSA) is 55.2 Å². The van der Waals surface area contributed by atoms with Crippen molar-refractivity contribution in [1.82, 2.24) is 9.80 Å². The van der Waals surface area contributed by atoms with E-state index < -0.39 is 0 Å². The molecule has 86 valence electrons. The smallest absolute Gasteiger partial charge is 0.0270 e. The first-order valence-corrected chi connectivity index (χ1v) is 5.63. The lowest BCUT2D eigenvalue weighted by Gasteiger charge is -2.35. The highest BCUT2D eigenvalue weighted by atomic mass is 15.2. The first-order valence-electron chi connectivity index (χ1n) is 5.63. The molecule has 0 aromatic rings. The van der Waals surface area contributed by atoms with Gasteiger partial charge in [-0.05, 0) is 58.5 Å². The van der Waals surface area contributed by atoms with Gasteiger partial charge in [0.15, 0.2) is 0 Å². The van der Waals surface area contributed by atoms with Crippen LogP contribution in [0.5, 0.6) is 0 Å². The van der Waals surface area contributed by atoms with Gasteiger partial charge in [-0.15, -0.1) is 0 Å². The van der Waals surface area contributed by atoms with Crippen molar-refractivity contribution < 1.29 is 0 Å². The first kappa shape index (κ1) is 12.3. The molecule has 5 nitrogen and oxygen atoms in total. The van der Waals surface area contributed by atoms with Gasteiger partial charge in [-0.2, -0.15) is 0 Å². The molecular weight excluding hydrogens is 190 g/mol. The van der Waals surface area contributed by atoms with Gasteiger partial charge in [0.1, 0.15) is 0 Å². The van der Waals surface area contributed by atoms with Crippen LogP contribution in [-0.2, 0) is 0 Å². The van der Waals surface area contributed by atoms with E-state index in [-0.39, 0.29) is 0 Å². The molecule has 1 aliphatic rings. The van der Waals surface area contributed by atoms with Gasteiger partial charge in [0.05, 0.1) is 0 Å². The molecule has 0 saturated carbocycles. The molecule has 0 unspecified atom stereocenters. The Kier molecular flexibility index (Phi) is 5.47. The third-order valence-corrected chi connectivity index (χ3v) is 3.14. The SMILES string of the molecule is CN1CCC(N(C)CCCN=[N+]=[N-])CC1. The van der Waals surface area contributed by atoms with Crippen LogP contribution in [0.15, 0.2) is 5.11 Å². The number of piperidine rings is 1. The van der Waals surface area contributed by atoms with Gasteiger partial charge < -0.3 is 9.80 Å². The molecule has 0 radical (unpaired) electrons. The second-order valence-corrected chi connectivity index (χ2v) is 4.32. The van der Waals surface area contributed by atoms with E-state index >= 15 is 0 Å². The van der Waals surface area contributed by atoms with Gasteiger partial charge in [0.25, 0.3) is 0 Å². The molecule has 0 aromatic heterocycles. The van der Waals surface area contributed by atoms with Crippen LogP contribution >= 0.6 is 0 Å². The minimum atomic E-state index is 0.619. The predicted octanol–water partition coefficient (Wildman–Crippen LogP) is 1.71. The van der Waals surface area contributed by atoms with E-state index in [0.717, 1.165) is 13.0 Å². The van der Waals surface area contributed by atoms with Crippen LogP contribution in [0.1, 0.15) is 19.3 Å². The van der Waals surface area contributed by atoms with Crippen molar-refractivity contribution in [2.45, 2.75) is 25.3 Å². The Morgan fingerprint density at radius 3 is 2.73 bits per heavy atom. The molecule has 0 atom stereocenters. The molecule has 0 spiro atoms. The van der Waals surface area contributed by atoms with Crippen molar-refractivity contribution in [2.24, 2.45) is 5.11 Å². The zero-order valence-corrected chi connectivity index (χ0v) is 9.76. The van der Waals surface area contributed by atoms with Crippen molar-refractivity contribution >= 4 is 0 Å². The van der Waals surface area contributed by atoms with Crippen molar-refractivity contribution in [1.29, 1.82) is 0 Å². The lowest BCUT2D eigenvalue weighted by molar-refractivity contribution is 0.144. The van der Waals surface area contributed by atoms with Crippen LogP contribution in [0.3, 0.4) is 0 Å². The summed E-state index contributed by atoms with van der Waals surface area (Å²) in [6.45, 7) is 4.05. The third kappa shape index (κ3) is 4.51. The second-order valence-electron chi connectivity index (χ2n) is 4.32. The van der Waals surface area contributed by atoms with E-state index in [0.29, 0.717) is 12.6 Å². The number of hydrogen-bond acceptors (Lipinski definition) is 3. The number of rotatable bonds is 5. The normalized spacial score (nSPS) is 19.1. The number of azide groups is 1. The average Bonchev–Trinajstić information content (AvgIpc) is 2.25. The number of likely N-dealkylation sites (tertiary alicyclic amines) is 1. The summed E-state index contributed by atoms with van der Waals surface area (Å²) in [4.78, 5) is 7.54. The maximum absolute atomic E-state index is 8.15. The fourth-order valence-corrected chi connectivity index (χ4v) is 2.05. The lowest BCUT2D eigenvalue weighted by atomic mass is 10.0. The van der Waals surface area contributed by atoms with E-state index in [1.165, 1.54) is 25.9 Å². The summed E-state index contributed by atoms with van der Waals surface area (Å²) in [5.41, 5.74) is 8.15. The molecule has 1 rings (SSSR count). The van der Waals surface area contributed by atoms with E-state index in [9.17, 15) is 0 Å². The second kappa shape index (κ2) is 6.67. The fraction of sp³-hybridized carbons (Fsp3) is 1.00. The van der Waals surface area contributed by atoms with E-state index in [1.807, 2.05) is 0 Å². The lowest BCUT2D eigenvalue weighted by Crippen LogP contribution is -2.42. The van der Waals surface area contributed by atoms with E-state index in [4.69, 9.17) is 5.53 Å². The molecule has 0 aliphatic carbocycles. The minimum Gasteiger partial charge on any atom is -0.306 e. The standard InChI is InChI=1S/C10H21N5/c1-14-8-4-10(5-9-14)15(2)7-3-6-12-13-11/h10H,3-9H2,1-2H3. The molecule has 0 aromatic carbocycles. The molecule has 0 N–H and O–H groups in total. The summed E-state index contributed by atoms with van der Waals surface area (Å²) in [6, 6.07) is 0.715. The van der Waals surface area contributed by atoms with Crippen LogP contribution in [0, 0.1) is 0 Å². The van der Waals surface area contributed by atoms with Gasteiger partial charge in [0, 0.05) is 17.5 Å². The zero-order chi connectivity index (χ0) is 11.1. The molecule has 1 aliphatic heterocycles. The van der Waals surface area contributed by atoms with Gasteiger partial charge in [-0.25, -0.2) is 0 Å². The summed E-state index contributed by atoms with van der Waals surface area (Å²) >= 11 is 0. The van der Waals surface area contributed by atoms with Crippen LogP contribution in [-0.4, -0.2) is 56.1 Å². The molecule has 15 heavy (non-hydrogen) atoms. The van der Waals surface area contributed by atoms with E-state index in [1.54, 1.807) is 0 Å². The Morgan fingerprint density at radius 1 is 1.47 bits per heavy atom. The largest absolute Gasteiger partial charge is 0.306 e. The average molecular weight is 211 g/mol. The van der Waals surface area contributed by atoms with Crippen molar-refractivity contribution in [3.63, 3.8) is 0 Å². The zero-order valence-electron chi connectivity index (χ0n) is 9.76. The Morgan fingerprint density at radius 2 is 2.13 bits per heavy atom. The summed E-state index contributed by atoms with van der Waals surface area (Å²) in [7, 11) is 4.35. The van der Waals surface area contributed by atoms with Crippen molar-refractivity contribution in [3.8, 4) is 0 Å². The number of nitrogens with zero attached hydrogens (tertiary/aromatic N) is 5. The van der Waals surface area contributed by atoms with Crippen LogP contribution in [0.2, 0.25) is 0 Å². The van der Waals surface area contributed by atoms with Crippen LogP contribution in [0.25, 0.3) is 10.4 Å². The molecular formula is C10H21N5. The summed E-state index contributed by atoms with van der Waals surface area (Å²) in [5.74, 6) is 0. The van der Waals surface area contributed by atoms with Crippen molar-refractivity contribution in [2.75, 3.05) is 40.3 Å². The van der Waals surface area contributed by atoms with Crippen LogP contribution in [0.4, 0.5) is 0 Å². The highest BCUT2D eigenvalue weighted by molar-refractivity contribution is 4.76. The Balaban J connectivity index is 2.16. The minimum absolute atomic E-state index is 0.619. The fourth-order valence-electron chi connectivity index (χ4n) is 2.05. The molecule has 1 saturated heterocycles. The molecule has 5 heteroatoms.